The van der Waals surface area contributed by atoms with Crippen molar-refractivity contribution in [3.8, 4) is 6.07 Å². The number of fused-ring (bicyclic) bond motifs is 1. The van der Waals surface area contributed by atoms with E-state index in [4.69, 9.17) is 10.00 Å². The molecule has 0 fully saturated rings. The Morgan fingerprint density at radius 2 is 2.41 bits per heavy atom. The second kappa shape index (κ2) is 5.65. The van der Waals surface area contributed by atoms with E-state index in [9.17, 15) is 0 Å². The van der Waals surface area contributed by atoms with Crippen LogP contribution in [0.2, 0.25) is 0 Å². The highest BCUT2D eigenvalue weighted by atomic mass is 16.5. The first-order valence-corrected chi connectivity index (χ1v) is 6.09. The molecule has 0 aliphatic heterocycles. The van der Waals surface area contributed by atoms with E-state index >= 15 is 0 Å². The van der Waals surface area contributed by atoms with Crippen LogP contribution in [-0.2, 0) is 17.6 Å². The number of nitrogens with zero attached hydrogens (tertiary/aromatic N) is 2. The molecule has 4 heteroatoms. The minimum absolute atomic E-state index is 0.639. The summed E-state index contributed by atoms with van der Waals surface area (Å²) in [5.74, 6) is 0.702. The third kappa shape index (κ3) is 2.75. The Kier molecular flexibility index (Phi) is 3.94. The molecule has 0 radical (unpaired) electrons. The largest absolute Gasteiger partial charge is 0.380 e. The molecular formula is C13H17N3O. The minimum atomic E-state index is 0.639. The second-order valence-electron chi connectivity index (χ2n) is 4.08. The Bertz CT molecular complexity index is 437. The summed E-state index contributed by atoms with van der Waals surface area (Å²) < 4.78 is 5.25. The van der Waals surface area contributed by atoms with E-state index in [1.807, 2.05) is 13.0 Å². The van der Waals surface area contributed by atoms with Gasteiger partial charge >= 0.3 is 0 Å². The lowest BCUT2D eigenvalue weighted by Gasteiger charge is -2.09. The lowest BCUT2D eigenvalue weighted by atomic mass is 10.1. The molecule has 1 heterocycles. The van der Waals surface area contributed by atoms with Crippen LogP contribution in [0.5, 0.6) is 0 Å². The van der Waals surface area contributed by atoms with E-state index < -0.39 is 0 Å². The van der Waals surface area contributed by atoms with Gasteiger partial charge in [-0.1, -0.05) is 0 Å². The Hall–Kier alpha value is -1.60. The highest BCUT2D eigenvalue weighted by Crippen LogP contribution is 2.24. The van der Waals surface area contributed by atoms with Crippen LogP contribution in [-0.4, -0.2) is 24.7 Å². The molecule has 0 saturated heterocycles. The molecule has 0 bridgehead atoms. The van der Waals surface area contributed by atoms with Crippen molar-refractivity contribution in [1.29, 1.82) is 5.26 Å². The van der Waals surface area contributed by atoms with Gasteiger partial charge in [0, 0.05) is 18.8 Å². The van der Waals surface area contributed by atoms with Crippen molar-refractivity contribution >= 4 is 5.82 Å². The maximum atomic E-state index is 9.09. The van der Waals surface area contributed by atoms with Gasteiger partial charge in [-0.05, 0) is 37.8 Å². The van der Waals surface area contributed by atoms with Crippen molar-refractivity contribution in [2.24, 2.45) is 0 Å². The van der Waals surface area contributed by atoms with Crippen molar-refractivity contribution < 1.29 is 4.74 Å². The van der Waals surface area contributed by atoms with Crippen LogP contribution in [0, 0.1) is 11.3 Å². The van der Waals surface area contributed by atoms with Gasteiger partial charge in [0.2, 0.25) is 0 Å². The quantitative estimate of drug-likeness (QED) is 0.786. The molecule has 90 valence electrons. The summed E-state index contributed by atoms with van der Waals surface area (Å²) >= 11 is 0. The van der Waals surface area contributed by atoms with Crippen LogP contribution in [0.25, 0.3) is 0 Å². The second-order valence-corrected chi connectivity index (χ2v) is 4.08. The van der Waals surface area contributed by atoms with Crippen LogP contribution in [0.3, 0.4) is 0 Å². The topological polar surface area (TPSA) is 57.9 Å². The fourth-order valence-electron chi connectivity index (χ4n) is 2.08. The van der Waals surface area contributed by atoms with Crippen molar-refractivity contribution in [2.45, 2.75) is 26.2 Å². The molecule has 1 aromatic rings. The molecule has 17 heavy (non-hydrogen) atoms. The standard InChI is InChI=1S/C13H17N3O/c1-2-17-7-6-15-13-11(9-14)8-10-4-3-5-12(10)16-13/h8H,2-7H2,1H3,(H,15,16). The zero-order valence-electron chi connectivity index (χ0n) is 10.1. The average Bonchev–Trinajstić information content (AvgIpc) is 2.80. The van der Waals surface area contributed by atoms with E-state index in [0.29, 0.717) is 31.1 Å². The number of rotatable bonds is 5. The first kappa shape index (κ1) is 11.9. The van der Waals surface area contributed by atoms with Gasteiger partial charge < -0.3 is 10.1 Å². The average molecular weight is 231 g/mol. The molecule has 0 atom stereocenters. The summed E-state index contributed by atoms with van der Waals surface area (Å²) in [4.78, 5) is 4.53. The number of ether oxygens (including phenoxy) is 1. The van der Waals surface area contributed by atoms with Gasteiger partial charge in [0.1, 0.15) is 11.9 Å². The number of hydrogen-bond donors (Lipinski definition) is 1. The molecule has 0 amide bonds. The van der Waals surface area contributed by atoms with E-state index in [1.54, 1.807) is 0 Å². The van der Waals surface area contributed by atoms with Gasteiger partial charge in [-0.15, -0.1) is 0 Å². The predicted molar refractivity (Wildman–Crippen MR) is 66.0 cm³/mol. The Balaban J connectivity index is 2.08. The SMILES string of the molecule is CCOCCNc1nc2c(cc1C#N)CCC2. The maximum Gasteiger partial charge on any atom is 0.144 e. The van der Waals surface area contributed by atoms with Gasteiger partial charge in [0.05, 0.1) is 12.2 Å². The molecule has 0 saturated carbocycles. The summed E-state index contributed by atoms with van der Waals surface area (Å²) in [7, 11) is 0. The van der Waals surface area contributed by atoms with Gasteiger partial charge in [-0.25, -0.2) is 4.98 Å². The monoisotopic (exact) mass is 231 g/mol. The highest BCUT2D eigenvalue weighted by Gasteiger charge is 2.15. The van der Waals surface area contributed by atoms with Crippen molar-refractivity contribution in [3.63, 3.8) is 0 Å². The molecule has 1 aromatic heterocycles. The smallest absolute Gasteiger partial charge is 0.144 e. The van der Waals surface area contributed by atoms with Crippen LogP contribution < -0.4 is 5.32 Å². The minimum Gasteiger partial charge on any atom is -0.380 e. The van der Waals surface area contributed by atoms with Crippen LogP contribution >= 0.6 is 0 Å². The van der Waals surface area contributed by atoms with E-state index in [0.717, 1.165) is 25.0 Å². The maximum absolute atomic E-state index is 9.09. The number of aromatic nitrogens is 1. The number of nitrogens with one attached hydrogen (secondary N) is 1. The molecule has 1 aliphatic rings. The van der Waals surface area contributed by atoms with Crippen LogP contribution in [0.4, 0.5) is 5.82 Å². The molecular weight excluding hydrogens is 214 g/mol. The molecule has 0 unspecified atom stereocenters. The first-order valence-electron chi connectivity index (χ1n) is 6.09. The molecule has 1 N–H and O–H groups in total. The van der Waals surface area contributed by atoms with Crippen LogP contribution in [0.15, 0.2) is 6.07 Å². The third-order valence-corrected chi connectivity index (χ3v) is 2.91. The van der Waals surface area contributed by atoms with Gasteiger partial charge in [-0.2, -0.15) is 5.26 Å². The van der Waals surface area contributed by atoms with Gasteiger partial charge in [-0.3, -0.25) is 0 Å². The molecule has 0 aromatic carbocycles. The first-order chi connectivity index (χ1) is 8.35. The summed E-state index contributed by atoms with van der Waals surface area (Å²) in [5, 5.41) is 12.3. The van der Waals surface area contributed by atoms with E-state index in [-0.39, 0.29) is 0 Å². The number of hydrogen-bond acceptors (Lipinski definition) is 4. The summed E-state index contributed by atoms with van der Waals surface area (Å²) in [6, 6.07) is 4.17. The number of anilines is 1. The number of nitriles is 1. The molecule has 2 rings (SSSR count). The van der Waals surface area contributed by atoms with Crippen molar-refractivity contribution in [3.05, 3.63) is 22.9 Å². The lowest BCUT2D eigenvalue weighted by Crippen LogP contribution is -2.12. The molecule has 0 spiro atoms. The molecule has 4 nitrogen and oxygen atoms in total. The number of pyridine rings is 1. The summed E-state index contributed by atoms with van der Waals surface area (Å²) in [6.07, 6.45) is 3.23. The molecule has 1 aliphatic carbocycles. The third-order valence-electron chi connectivity index (χ3n) is 2.91. The Morgan fingerprint density at radius 3 is 3.18 bits per heavy atom. The Labute approximate surface area is 102 Å². The van der Waals surface area contributed by atoms with Crippen molar-refractivity contribution in [2.75, 3.05) is 25.1 Å². The van der Waals surface area contributed by atoms with Crippen molar-refractivity contribution in [1.82, 2.24) is 4.98 Å². The summed E-state index contributed by atoms with van der Waals surface area (Å²) in [5.41, 5.74) is 3.02. The fourth-order valence-corrected chi connectivity index (χ4v) is 2.08. The number of aryl methyl sites for hydroxylation is 2. The zero-order valence-corrected chi connectivity index (χ0v) is 10.1. The normalized spacial score (nSPS) is 13.2. The zero-order chi connectivity index (χ0) is 12.1. The fraction of sp³-hybridized carbons (Fsp3) is 0.538. The van der Waals surface area contributed by atoms with E-state index in [2.05, 4.69) is 16.4 Å². The Morgan fingerprint density at radius 1 is 1.53 bits per heavy atom. The lowest BCUT2D eigenvalue weighted by molar-refractivity contribution is 0.158. The summed E-state index contributed by atoms with van der Waals surface area (Å²) in [6.45, 7) is 4.01. The van der Waals surface area contributed by atoms with Crippen LogP contribution in [0.1, 0.15) is 30.2 Å². The highest BCUT2D eigenvalue weighted by molar-refractivity contribution is 5.55. The van der Waals surface area contributed by atoms with E-state index in [1.165, 1.54) is 5.56 Å². The van der Waals surface area contributed by atoms with Gasteiger partial charge in [0.15, 0.2) is 0 Å². The van der Waals surface area contributed by atoms with Gasteiger partial charge in [0.25, 0.3) is 0 Å². The predicted octanol–water partition coefficient (Wildman–Crippen LogP) is 1.89.